The lowest BCUT2D eigenvalue weighted by atomic mass is 10.1. The molecule has 0 spiro atoms. The first-order chi connectivity index (χ1) is 7.57. The molecule has 0 bridgehead atoms. The van der Waals surface area contributed by atoms with Gasteiger partial charge in [-0.05, 0) is 20.9 Å². The molecule has 16 heavy (non-hydrogen) atoms. The molecule has 1 aromatic heterocycles. The highest BCUT2D eigenvalue weighted by molar-refractivity contribution is 7.13. The number of methoxy groups -OCH3 is 1. The van der Waals surface area contributed by atoms with Crippen molar-refractivity contribution in [2.45, 2.75) is 32.4 Å². The van der Waals surface area contributed by atoms with Gasteiger partial charge in [0.05, 0.1) is 12.2 Å². The molecule has 1 heterocycles. The number of hydrogen-bond donors (Lipinski definition) is 1. The first-order valence-electron chi connectivity index (χ1n) is 5.22. The average Bonchev–Trinajstić information content (AvgIpc) is 2.66. The number of nitrogens with one attached hydrogen (secondary N) is 1. The van der Waals surface area contributed by atoms with Crippen molar-refractivity contribution < 1.29 is 9.47 Å². The SMILES string of the molecule is CNCc1nnc(OCCC(C)(C)OC)s1. The van der Waals surface area contributed by atoms with E-state index in [1.807, 2.05) is 20.9 Å². The van der Waals surface area contributed by atoms with Crippen LogP contribution in [-0.4, -0.2) is 36.6 Å². The second-order valence-corrected chi connectivity index (χ2v) is 5.08. The number of nitrogens with zero attached hydrogens (tertiary/aromatic N) is 2. The fourth-order valence-corrected chi connectivity index (χ4v) is 1.73. The van der Waals surface area contributed by atoms with Gasteiger partial charge in [0.25, 0.3) is 5.19 Å². The van der Waals surface area contributed by atoms with E-state index in [4.69, 9.17) is 9.47 Å². The third-order valence-corrected chi connectivity index (χ3v) is 3.09. The molecule has 6 heteroatoms. The standard InChI is InChI=1S/C10H19N3O2S/c1-10(2,14-4)5-6-15-9-13-12-8(16-9)7-11-3/h11H,5-7H2,1-4H3. The van der Waals surface area contributed by atoms with E-state index in [0.29, 0.717) is 11.8 Å². The Labute approximate surface area is 100 Å². The fraction of sp³-hybridized carbons (Fsp3) is 0.800. The van der Waals surface area contributed by atoms with Gasteiger partial charge in [-0.15, -0.1) is 10.2 Å². The topological polar surface area (TPSA) is 56.3 Å². The summed E-state index contributed by atoms with van der Waals surface area (Å²) in [6.07, 6.45) is 0.824. The van der Waals surface area contributed by atoms with Crippen LogP contribution in [0, 0.1) is 0 Å². The van der Waals surface area contributed by atoms with Crippen molar-refractivity contribution in [3.05, 3.63) is 5.01 Å². The van der Waals surface area contributed by atoms with Crippen molar-refractivity contribution in [2.75, 3.05) is 20.8 Å². The lowest BCUT2D eigenvalue weighted by Crippen LogP contribution is -2.25. The summed E-state index contributed by atoms with van der Waals surface area (Å²) in [4.78, 5) is 0. The highest BCUT2D eigenvalue weighted by Crippen LogP contribution is 2.19. The Morgan fingerprint density at radius 3 is 2.75 bits per heavy atom. The van der Waals surface area contributed by atoms with Gasteiger partial charge in [-0.2, -0.15) is 0 Å². The number of ether oxygens (including phenoxy) is 2. The van der Waals surface area contributed by atoms with E-state index < -0.39 is 0 Å². The maximum Gasteiger partial charge on any atom is 0.294 e. The summed E-state index contributed by atoms with van der Waals surface area (Å²) in [6, 6.07) is 0. The van der Waals surface area contributed by atoms with Crippen LogP contribution in [0.3, 0.4) is 0 Å². The van der Waals surface area contributed by atoms with E-state index in [1.165, 1.54) is 11.3 Å². The normalized spacial score (nSPS) is 11.8. The molecule has 0 fully saturated rings. The maximum atomic E-state index is 5.51. The minimum absolute atomic E-state index is 0.154. The van der Waals surface area contributed by atoms with Crippen LogP contribution >= 0.6 is 11.3 Å². The third-order valence-electron chi connectivity index (χ3n) is 2.26. The first-order valence-corrected chi connectivity index (χ1v) is 6.04. The van der Waals surface area contributed by atoms with Crippen LogP contribution in [0.2, 0.25) is 0 Å². The summed E-state index contributed by atoms with van der Waals surface area (Å²) in [5, 5.41) is 12.5. The molecule has 0 aliphatic rings. The maximum absolute atomic E-state index is 5.51. The smallest absolute Gasteiger partial charge is 0.294 e. The van der Waals surface area contributed by atoms with Gasteiger partial charge in [0.15, 0.2) is 0 Å². The summed E-state index contributed by atoms with van der Waals surface area (Å²) in [5.41, 5.74) is -0.154. The van der Waals surface area contributed by atoms with E-state index in [0.717, 1.165) is 18.0 Å². The number of hydrogen-bond acceptors (Lipinski definition) is 6. The molecule has 0 amide bonds. The molecule has 0 saturated carbocycles. The molecule has 1 aromatic rings. The van der Waals surface area contributed by atoms with Crippen LogP contribution in [0.15, 0.2) is 0 Å². The third kappa shape index (κ3) is 4.42. The van der Waals surface area contributed by atoms with Crippen LogP contribution in [0.25, 0.3) is 0 Å². The second-order valence-electron chi connectivity index (χ2n) is 4.05. The van der Waals surface area contributed by atoms with Crippen LogP contribution in [0.5, 0.6) is 5.19 Å². The highest BCUT2D eigenvalue weighted by Gasteiger charge is 2.16. The van der Waals surface area contributed by atoms with Crippen molar-refractivity contribution >= 4 is 11.3 Å². The zero-order chi connectivity index (χ0) is 12.0. The molecular weight excluding hydrogens is 226 g/mol. The molecule has 92 valence electrons. The molecule has 0 unspecified atom stereocenters. The van der Waals surface area contributed by atoms with Gasteiger partial charge in [-0.25, -0.2) is 0 Å². The molecule has 1 N–H and O–H groups in total. The molecule has 0 atom stereocenters. The molecule has 5 nitrogen and oxygen atoms in total. The van der Waals surface area contributed by atoms with Gasteiger partial charge >= 0.3 is 0 Å². The van der Waals surface area contributed by atoms with E-state index in [2.05, 4.69) is 15.5 Å². The summed E-state index contributed by atoms with van der Waals surface area (Å²) in [5.74, 6) is 0. The summed E-state index contributed by atoms with van der Waals surface area (Å²) in [7, 11) is 3.58. The summed E-state index contributed by atoms with van der Waals surface area (Å²) >= 11 is 1.47. The van der Waals surface area contributed by atoms with Crippen LogP contribution in [0.4, 0.5) is 0 Å². The molecule has 1 rings (SSSR count). The zero-order valence-corrected chi connectivity index (χ0v) is 11.1. The predicted octanol–water partition coefficient (Wildman–Crippen LogP) is 1.45. The van der Waals surface area contributed by atoms with Crippen molar-refractivity contribution in [1.29, 1.82) is 0 Å². The Morgan fingerprint density at radius 2 is 2.12 bits per heavy atom. The van der Waals surface area contributed by atoms with Crippen molar-refractivity contribution in [2.24, 2.45) is 0 Å². The largest absolute Gasteiger partial charge is 0.469 e. The average molecular weight is 245 g/mol. The van der Waals surface area contributed by atoms with Crippen LogP contribution in [0.1, 0.15) is 25.3 Å². The number of aromatic nitrogens is 2. The van der Waals surface area contributed by atoms with E-state index >= 15 is 0 Å². The van der Waals surface area contributed by atoms with Gasteiger partial charge in [-0.1, -0.05) is 11.3 Å². The molecule has 0 aliphatic carbocycles. The van der Waals surface area contributed by atoms with E-state index in [1.54, 1.807) is 7.11 Å². The Balaban J connectivity index is 2.31. The predicted molar refractivity (Wildman–Crippen MR) is 63.9 cm³/mol. The minimum Gasteiger partial charge on any atom is -0.469 e. The molecule has 0 radical (unpaired) electrons. The summed E-state index contributed by atoms with van der Waals surface area (Å²) in [6.45, 7) is 5.38. The monoisotopic (exact) mass is 245 g/mol. The van der Waals surface area contributed by atoms with E-state index in [9.17, 15) is 0 Å². The zero-order valence-electron chi connectivity index (χ0n) is 10.2. The summed E-state index contributed by atoms with van der Waals surface area (Å²) < 4.78 is 10.8. The Hall–Kier alpha value is -0.720. The molecule has 0 aliphatic heterocycles. The molecule has 0 aromatic carbocycles. The van der Waals surface area contributed by atoms with Crippen molar-refractivity contribution in [3.8, 4) is 5.19 Å². The van der Waals surface area contributed by atoms with Crippen LogP contribution in [-0.2, 0) is 11.3 Å². The quantitative estimate of drug-likeness (QED) is 0.788. The Morgan fingerprint density at radius 1 is 1.38 bits per heavy atom. The van der Waals surface area contributed by atoms with Gasteiger partial charge in [0.1, 0.15) is 5.01 Å². The van der Waals surface area contributed by atoms with Gasteiger partial charge in [0, 0.05) is 20.1 Å². The molecule has 0 saturated heterocycles. The lowest BCUT2D eigenvalue weighted by molar-refractivity contribution is 0.00538. The molecular formula is C10H19N3O2S. The second kappa shape index (κ2) is 6.12. The Kier molecular flexibility index (Phi) is 5.11. The van der Waals surface area contributed by atoms with Crippen LogP contribution < -0.4 is 10.1 Å². The van der Waals surface area contributed by atoms with E-state index in [-0.39, 0.29) is 5.60 Å². The number of rotatable bonds is 7. The lowest BCUT2D eigenvalue weighted by Gasteiger charge is -2.21. The van der Waals surface area contributed by atoms with Crippen molar-refractivity contribution in [1.82, 2.24) is 15.5 Å². The Bertz CT molecular complexity index is 315. The van der Waals surface area contributed by atoms with Gasteiger partial charge in [0.2, 0.25) is 0 Å². The van der Waals surface area contributed by atoms with Gasteiger partial charge in [-0.3, -0.25) is 0 Å². The minimum atomic E-state index is -0.154. The fourth-order valence-electron chi connectivity index (χ4n) is 1.01. The highest BCUT2D eigenvalue weighted by atomic mass is 32.1. The van der Waals surface area contributed by atoms with Gasteiger partial charge < -0.3 is 14.8 Å². The van der Waals surface area contributed by atoms with Crippen molar-refractivity contribution in [3.63, 3.8) is 0 Å². The first kappa shape index (κ1) is 13.3.